The van der Waals surface area contributed by atoms with E-state index in [-0.39, 0.29) is 48.5 Å². The third-order valence-electron chi connectivity index (χ3n) is 4.17. The van der Waals surface area contributed by atoms with Crippen molar-refractivity contribution in [2.45, 2.75) is 39.7 Å². The predicted octanol–water partition coefficient (Wildman–Crippen LogP) is 1.80. The molecule has 0 heterocycles. The zero-order valence-corrected chi connectivity index (χ0v) is 16.1. The summed E-state index contributed by atoms with van der Waals surface area (Å²) in [5.74, 6) is -0.585. The lowest BCUT2D eigenvalue weighted by molar-refractivity contribution is -0.125. The van der Waals surface area contributed by atoms with Crippen LogP contribution in [0.1, 0.15) is 32.3 Å². The van der Waals surface area contributed by atoms with E-state index >= 15 is 0 Å². The highest BCUT2D eigenvalue weighted by molar-refractivity contribution is 5.98. The number of hydrogen-bond acceptors (Lipinski definition) is 4. The molecule has 0 aromatic heterocycles. The Balaban J connectivity index is 0.00000338. The normalized spacial score (nSPS) is 14.2. The van der Waals surface area contributed by atoms with Gasteiger partial charge in [-0.15, -0.1) is 12.4 Å². The molecule has 0 unspecified atom stereocenters. The molecule has 0 radical (unpaired) electrons. The molecule has 26 heavy (non-hydrogen) atoms. The van der Waals surface area contributed by atoms with Gasteiger partial charge in [0.1, 0.15) is 0 Å². The number of carbonyl (C=O) groups excluding carboxylic acids is 3. The molecule has 0 bridgehead atoms. The number of anilines is 2. The maximum atomic E-state index is 12.1. The van der Waals surface area contributed by atoms with E-state index in [0.717, 1.165) is 18.4 Å². The van der Waals surface area contributed by atoms with Crippen LogP contribution in [0.4, 0.5) is 11.4 Å². The number of nitrogens with one attached hydrogen (secondary N) is 3. The van der Waals surface area contributed by atoms with E-state index < -0.39 is 6.04 Å². The number of amides is 3. The van der Waals surface area contributed by atoms with Gasteiger partial charge in [0.2, 0.25) is 17.7 Å². The number of carbonyl (C=O) groups is 3. The van der Waals surface area contributed by atoms with Crippen LogP contribution in [0.25, 0.3) is 0 Å². The fourth-order valence-electron chi connectivity index (χ4n) is 2.21. The number of halogens is 1. The van der Waals surface area contributed by atoms with Crippen LogP contribution in [0.15, 0.2) is 18.2 Å². The van der Waals surface area contributed by atoms with Gasteiger partial charge in [-0.2, -0.15) is 0 Å². The van der Waals surface area contributed by atoms with E-state index in [1.165, 1.54) is 0 Å². The molecule has 5 N–H and O–H groups in total. The van der Waals surface area contributed by atoms with Gasteiger partial charge in [-0.1, -0.05) is 19.9 Å². The van der Waals surface area contributed by atoms with Crippen molar-refractivity contribution in [3.8, 4) is 0 Å². The molecule has 144 valence electrons. The van der Waals surface area contributed by atoms with Crippen LogP contribution in [-0.4, -0.2) is 30.3 Å². The quantitative estimate of drug-likeness (QED) is 0.575. The fraction of sp³-hybridized carbons (Fsp3) is 0.500. The minimum atomic E-state index is -0.643. The van der Waals surface area contributed by atoms with Gasteiger partial charge in [0, 0.05) is 17.3 Å². The van der Waals surface area contributed by atoms with Gasteiger partial charge in [-0.25, -0.2) is 0 Å². The molecule has 0 spiro atoms. The summed E-state index contributed by atoms with van der Waals surface area (Å²) in [6.45, 7) is 5.39. The van der Waals surface area contributed by atoms with Gasteiger partial charge in [0.05, 0.1) is 12.6 Å². The molecule has 0 saturated heterocycles. The summed E-state index contributed by atoms with van der Waals surface area (Å²) in [5, 5.41) is 8.12. The molecule has 1 aliphatic carbocycles. The monoisotopic (exact) mass is 382 g/mol. The number of benzene rings is 1. The average Bonchev–Trinajstić information content (AvgIpc) is 3.39. The van der Waals surface area contributed by atoms with Crippen molar-refractivity contribution in [2.24, 2.45) is 17.6 Å². The van der Waals surface area contributed by atoms with Gasteiger partial charge in [-0.3, -0.25) is 14.4 Å². The molecule has 1 saturated carbocycles. The highest BCUT2D eigenvalue weighted by Gasteiger charge is 2.29. The van der Waals surface area contributed by atoms with Crippen LogP contribution < -0.4 is 21.7 Å². The smallest absolute Gasteiger partial charge is 0.243 e. The Hall–Kier alpha value is -2.12. The first-order valence-electron chi connectivity index (χ1n) is 8.52. The van der Waals surface area contributed by atoms with Gasteiger partial charge in [0.25, 0.3) is 0 Å². The lowest BCUT2D eigenvalue weighted by Crippen LogP contribution is -2.46. The van der Waals surface area contributed by atoms with Crippen LogP contribution in [0.3, 0.4) is 0 Å². The Morgan fingerprint density at radius 2 is 1.85 bits per heavy atom. The van der Waals surface area contributed by atoms with Gasteiger partial charge in [-0.05, 0) is 43.4 Å². The van der Waals surface area contributed by atoms with Crippen molar-refractivity contribution < 1.29 is 14.4 Å². The largest absolute Gasteiger partial charge is 0.346 e. The molecule has 1 aromatic carbocycles. The van der Waals surface area contributed by atoms with Crippen LogP contribution >= 0.6 is 12.4 Å². The van der Waals surface area contributed by atoms with Gasteiger partial charge >= 0.3 is 0 Å². The third-order valence-corrected chi connectivity index (χ3v) is 4.17. The highest BCUT2D eigenvalue weighted by atomic mass is 35.5. The van der Waals surface area contributed by atoms with E-state index in [1.54, 1.807) is 12.1 Å². The maximum Gasteiger partial charge on any atom is 0.243 e. The minimum Gasteiger partial charge on any atom is -0.346 e. The van der Waals surface area contributed by atoms with Crippen molar-refractivity contribution in [2.75, 3.05) is 17.2 Å². The van der Waals surface area contributed by atoms with E-state index in [2.05, 4.69) is 16.0 Å². The zero-order valence-electron chi connectivity index (χ0n) is 15.3. The number of rotatable bonds is 7. The lowest BCUT2D eigenvalue weighted by Gasteiger charge is -2.16. The summed E-state index contributed by atoms with van der Waals surface area (Å²) >= 11 is 0. The summed E-state index contributed by atoms with van der Waals surface area (Å²) < 4.78 is 0. The number of aryl methyl sites for hydroxylation is 1. The van der Waals surface area contributed by atoms with Crippen molar-refractivity contribution in [1.29, 1.82) is 0 Å². The van der Waals surface area contributed by atoms with E-state index in [4.69, 9.17) is 5.73 Å². The molecule has 1 aromatic rings. The van der Waals surface area contributed by atoms with Crippen molar-refractivity contribution in [1.82, 2.24) is 5.32 Å². The summed E-state index contributed by atoms with van der Waals surface area (Å²) in [7, 11) is 0. The Morgan fingerprint density at radius 1 is 1.19 bits per heavy atom. The summed E-state index contributed by atoms with van der Waals surface area (Å²) in [6.07, 6.45) is 1.86. The van der Waals surface area contributed by atoms with Gasteiger partial charge < -0.3 is 21.7 Å². The Kier molecular flexibility index (Phi) is 8.05. The summed E-state index contributed by atoms with van der Waals surface area (Å²) in [6, 6.07) is 4.70. The van der Waals surface area contributed by atoms with Crippen LogP contribution in [-0.2, 0) is 14.4 Å². The molecular weight excluding hydrogens is 356 g/mol. The molecule has 2 rings (SSSR count). The van der Waals surface area contributed by atoms with Crippen LogP contribution in [0.5, 0.6) is 0 Å². The Labute approximate surface area is 159 Å². The van der Waals surface area contributed by atoms with Crippen molar-refractivity contribution in [3.05, 3.63) is 23.8 Å². The molecule has 3 amide bonds. The third kappa shape index (κ3) is 6.31. The van der Waals surface area contributed by atoms with E-state index in [9.17, 15) is 14.4 Å². The Bertz CT molecular complexity index is 674. The molecule has 8 heteroatoms. The molecule has 1 aliphatic rings. The highest BCUT2D eigenvalue weighted by Crippen LogP contribution is 2.30. The standard InChI is InChI=1S/C18H26N4O3.ClH/c1-10(2)16(19)18(25)20-9-15(23)22-14-8-13(7-4-11(14)3)21-17(24)12-5-6-12;/h4,7-8,10,12,16H,5-6,9,19H2,1-3H3,(H,20,25)(H,21,24)(H,22,23);1H/t16-;/m0./s1. The molecule has 7 nitrogen and oxygen atoms in total. The van der Waals surface area contributed by atoms with Crippen molar-refractivity contribution >= 4 is 41.5 Å². The number of hydrogen-bond donors (Lipinski definition) is 4. The fourth-order valence-corrected chi connectivity index (χ4v) is 2.21. The first-order valence-corrected chi connectivity index (χ1v) is 8.52. The van der Waals surface area contributed by atoms with Crippen LogP contribution in [0, 0.1) is 18.8 Å². The first-order chi connectivity index (χ1) is 11.8. The second-order valence-corrected chi connectivity index (χ2v) is 6.83. The zero-order chi connectivity index (χ0) is 18.6. The SMILES string of the molecule is Cc1ccc(NC(=O)C2CC2)cc1NC(=O)CNC(=O)[C@@H](N)C(C)C.Cl. The summed E-state index contributed by atoms with van der Waals surface area (Å²) in [5.41, 5.74) is 7.84. The second-order valence-electron chi connectivity index (χ2n) is 6.83. The number of nitrogens with two attached hydrogens (primary N) is 1. The van der Waals surface area contributed by atoms with Crippen molar-refractivity contribution in [3.63, 3.8) is 0 Å². The lowest BCUT2D eigenvalue weighted by atomic mass is 10.1. The second kappa shape index (κ2) is 9.54. The van der Waals surface area contributed by atoms with E-state index in [1.807, 2.05) is 26.8 Å². The van der Waals surface area contributed by atoms with E-state index in [0.29, 0.717) is 11.4 Å². The molecule has 0 aliphatic heterocycles. The predicted molar refractivity (Wildman–Crippen MR) is 104 cm³/mol. The molecule has 1 atom stereocenters. The molecule has 1 fully saturated rings. The summed E-state index contributed by atoms with van der Waals surface area (Å²) in [4.78, 5) is 35.7. The van der Waals surface area contributed by atoms with Crippen LogP contribution in [0.2, 0.25) is 0 Å². The first kappa shape index (κ1) is 21.9. The van der Waals surface area contributed by atoms with Gasteiger partial charge in [0.15, 0.2) is 0 Å². The Morgan fingerprint density at radius 3 is 2.42 bits per heavy atom. The minimum absolute atomic E-state index is 0. The molecular formula is C18H27ClN4O3. The topological polar surface area (TPSA) is 113 Å². The maximum absolute atomic E-state index is 12.1. The average molecular weight is 383 g/mol.